The first kappa shape index (κ1) is 14.8. The van der Waals surface area contributed by atoms with Crippen molar-refractivity contribution in [1.29, 1.82) is 0 Å². The Morgan fingerprint density at radius 1 is 1.37 bits per heavy atom. The molecular weight excluding hydrogens is 240 g/mol. The van der Waals surface area contributed by atoms with Gasteiger partial charge in [0.2, 0.25) is 5.91 Å². The lowest BCUT2D eigenvalue weighted by atomic mass is 9.71. The van der Waals surface area contributed by atoms with Gasteiger partial charge in [-0.2, -0.15) is 0 Å². The molecule has 0 bridgehead atoms. The molecule has 0 aromatic carbocycles. The minimum atomic E-state index is 0.0787. The van der Waals surface area contributed by atoms with Gasteiger partial charge in [-0.25, -0.2) is 0 Å². The van der Waals surface area contributed by atoms with Crippen molar-refractivity contribution in [1.82, 2.24) is 4.90 Å². The van der Waals surface area contributed by atoms with E-state index < -0.39 is 0 Å². The maximum absolute atomic E-state index is 12.5. The van der Waals surface area contributed by atoms with E-state index in [0.717, 1.165) is 32.4 Å². The largest absolute Gasteiger partial charge is 0.375 e. The van der Waals surface area contributed by atoms with Crippen LogP contribution in [-0.2, 0) is 9.53 Å². The predicted octanol–water partition coefficient (Wildman–Crippen LogP) is 1.92. The molecule has 1 heterocycles. The number of nitrogens with zero attached hydrogens (tertiary/aromatic N) is 1. The molecule has 1 saturated heterocycles. The first-order valence-electron chi connectivity index (χ1n) is 7.78. The maximum Gasteiger partial charge on any atom is 0.223 e. The van der Waals surface area contributed by atoms with E-state index in [1.807, 2.05) is 4.90 Å². The lowest BCUT2D eigenvalue weighted by molar-refractivity contribution is -0.141. The fourth-order valence-electron chi connectivity index (χ4n) is 3.38. The van der Waals surface area contributed by atoms with Crippen molar-refractivity contribution in [2.75, 3.05) is 26.2 Å². The van der Waals surface area contributed by atoms with Crippen LogP contribution in [0.2, 0.25) is 0 Å². The first-order chi connectivity index (χ1) is 9.19. The van der Waals surface area contributed by atoms with Crippen molar-refractivity contribution < 1.29 is 9.53 Å². The summed E-state index contributed by atoms with van der Waals surface area (Å²) in [5, 5.41) is 0. The molecule has 1 amide bonds. The van der Waals surface area contributed by atoms with Gasteiger partial charge in [-0.3, -0.25) is 4.79 Å². The van der Waals surface area contributed by atoms with Crippen molar-refractivity contribution in [2.45, 2.75) is 58.0 Å². The van der Waals surface area contributed by atoms with Crippen LogP contribution in [0.15, 0.2) is 0 Å². The maximum atomic E-state index is 12.5. The number of hydrogen-bond acceptors (Lipinski definition) is 3. The average Bonchev–Trinajstić information content (AvgIpc) is 2.48. The Morgan fingerprint density at radius 3 is 2.74 bits per heavy atom. The van der Waals surface area contributed by atoms with E-state index in [1.165, 1.54) is 19.3 Å². The van der Waals surface area contributed by atoms with E-state index in [1.54, 1.807) is 0 Å². The lowest BCUT2D eigenvalue weighted by Gasteiger charge is -2.39. The molecule has 4 nitrogen and oxygen atoms in total. The zero-order valence-corrected chi connectivity index (χ0v) is 12.2. The Balaban J connectivity index is 1.91. The second kappa shape index (κ2) is 6.71. The van der Waals surface area contributed by atoms with E-state index in [9.17, 15) is 4.79 Å². The highest BCUT2D eigenvalue weighted by Gasteiger charge is 2.35. The Kier molecular flexibility index (Phi) is 5.22. The smallest absolute Gasteiger partial charge is 0.223 e. The van der Waals surface area contributed by atoms with E-state index in [4.69, 9.17) is 10.5 Å². The summed E-state index contributed by atoms with van der Waals surface area (Å²) in [6.07, 6.45) is 7.83. The van der Waals surface area contributed by atoms with Crippen molar-refractivity contribution in [3.05, 3.63) is 0 Å². The van der Waals surface area contributed by atoms with Crippen LogP contribution < -0.4 is 5.73 Å². The number of amides is 1. The van der Waals surface area contributed by atoms with Gasteiger partial charge in [-0.15, -0.1) is 0 Å². The van der Waals surface area contributed by atoms with Crippen molar-refractivity contribution in [2.24, 2.45) is 11.1 Å². The Hall–Kier alpha value is -0.610. The molecule has 0 radical (unpaired) electrons. The Labute approximate surface area is 116 Å². The highest BCUT2D eigenvalue weighted by atomic mass is 16.5. The van der Waals surface area contributed by atoms with Crippen LogP contribution in [0.1, 0.15) is 51.9 Å². The van der Waals surface area contributed by atoms with Crippen LogP contribution >= 0.6 is 0 Å². The topological polar surface area (TPSA) is 55.6 Å². The monoisotopic (exact) mass is 268 g/mol. The fourth-order valence-corrected chi connectivity index (χ4v) is 3.38. The second-order valence-corrected chi connectivity index (χ2v) is 6.18. The number of morpholine rings is 1. The van der Waals surface area contributed by atoms with Crippen LogP contribution in [0.3, 0.4) is 0 Å². The van der Waals surface area contributed by atoms with Crippen LogP contribution in [0.4, 0.5) is 0 Å². The van der Waals surface area contributed by atoms with E-state index in [-0.39, 0.29) is 17.4 Å². The zero-order valence-electron chi connectivity index (χ0n) is 12.2. The summed E-state index contributed by atoms with van der Waals surface area (Å²) < 4.78 is 5.63. The average molecular weight is 268 g/mol. The molecule has 0 aromatic rings. The number of carbonyl (C=O) groups excluding carboxylic acids is 1. The molecule has 0 spiro atoms. The van der Waals surface area contributed by atoms with Crippen molar-refractivity contribution in [3.8, 4) is 0 Å². The molecule has 0 aromatic heterocycles. The fraction of sp³-hybridized carbons (Fsp3) is 0.933. The molecule has 1 saturated carbocycles. The Morgan fingerprint density at radius 2 is 2.11 bits per heavy atom. The molecule has 2 rings (SSSR count). The molecule has 1 atom stereocenters. The molecule has 19 heavy (non-hydrogen) atoms. The summed E-state index contributed by atoms with van der Waals surface area (Å²) in [6.45, 7) is 4.95. The number of rotatable bonds is 4. The van der Waals surface area contributed by atoms with Crippen LogP contribution in [0.5, 0.6) is 0 Å². The number of nitrogens with two attached hydrogens (primary N) is 1. The molecule has 2 fully saturated rings. The lowest BCUT2D eigenvalue weighted by Crippen LogP contribution is -2.48. The summed E-state index contributed by atoms with van der Waals surface area (Å²) in [7, 11) is 0. The summed E-state index contributed by atoms with van der Waals surface area (Å²) in [6, 6.07) is 0. The highest BCUT2D eigenvalue weighted by molar-refractivity contribution is 5.77. The summed E-state index contributed by atoms with van der Waals surface area (Å²) in [5.41, 5.74) is 6.05. The SMILES string of the molecule is CCC1CN(C(=O)CC2(CN)CCCCC2)CCO1. The third-order valence-corrected chi connectivity index (χ3v) is 4.82. The minimum Gasteiger partial charge on any atom is -0.375 e. The minimum absolute atomic E-state index is 0.0787. The second-order valence-electron chi connectivity index (χ2n) is 6.18. The zero-order chi connectivity index (χ0) is 13.7. The predicted molar refractivity (Wildman–Crippen MR) is 75.8 cm³/mol. The molecule has 1 unspecified atom stereocenters. The van der Waals surface area contributed by atoms with Crippen LogP contribution in [-0.4, -0.2) is 43.2 Å². The van der Waals surface area contributed by atoms with Gasteiger partial charge >= 0.3 is 0 Å². The third kappa shape index (κ3) is 3.69. The molecule has 1 aliphatic heterocycles. The van der Waals surface area contributed by atoms with Gasteiger partial charge in [0.25, 0.3) is 0 Å². The highest BCUT2D eigenvalue weighted by Crippen LogP contribution is 2.38. The number of hydrogen-bond donors (Lipinski definition) is 1. The van der Waals surface area contributed by atoms with E-state index in [2.05, 4.69) is 6.92 Å². The van der Waals surface area contributed by atoms with Gasteiger partial charge in [0.15, 0.2) is 0 Å². The molecule has 1 aliphatic carbocycles. The quantitative estimate of drug-likeness (QED) is 0.847. The first-order valence-corrected chi connectivity index (χ1v) is 7.78. The Bertz CT molecular complexity index is 301. The number of carbonyl (C=O) groups is 1. The van der Waals surface area contributed by atoms with E-state index >= 15 is 0 Å². The van der Waals surface area contributed by atoms with E-state index in [0.29, 0.717) is 19.6 Å². The normalized spacial score (nSPS) is 27.3. The molecule has 110 valence electrons. The van der Waals surface area contributed by atoms with Crippen molar-refractivity contribution in [3.63, 3.8) is 0 Å². The molecule has 2 aliphatic rings. The van der Waals surface area contributed by atoms with Gasteiger partial charge in [-0.1, -0.05) is 26.2 Å². The number of ether oxygens (including phenoxy) is 1. The molecular formula is C15H28N2O2. The molecule has 4 heteroatoms. The van der Waals surface area contributed by atoms with Gasteiger partial charge in [-0.05, 0) is 31.2 Å². The standard InChI is InChI=1S/C15H28N2O2/c1-2-13-11-17(8-9-19-13)14(18)10-15(12-16)6-4-3-5-7-15/h13H,2-12,16H2,1H3. The summed E-state index contributed by atoms with van der Waals surface area (Å²) in [4.78, 5) is 14.5. The van der Waals surface area contributed by atoms with Crippen molar-refractivity contribution >= 4 is 5.91 Å². The third-order valence-electron chi connectivity index (χ3n) is 4.82. The van der Waals surface area contributed by atoms with Gasteiger partial charge in [0.1, 0.15) is 0 Å². The van der Waals surface area contributed by atoms with Gasteiger partial charge in [0.05, 0.1) is 12.7 Å². The molecule has 2 N–H and O–H groups in total. The summed E-state index contributed by atoms with van der Waals surface area (Å²) in [5.74, 6) is 0.286. The summed E-state index contributed by atoms with van der Waals surface area (Å²) >= 11 is 0. The van der Waals surface area contributed by atoms with Gasteiger partial charge < -0.3 is 15.4 Å². The van der Waals surface area contributed by atoms with Crippen LogP contribution in [0, 0.1) is 5.41 Å². The van der Waals surface area contributed by atoms with Crippen LogP contribution in [0.25, 0.3) is 0 Å². The van der Waals surface area contributed by atoms with Gasteiger partial charge in [0, 0.05) is 19.5 Å².